The summed E-state index contributed by atoms with van der Waals surface area (Å²) in [5, 5.41) is 0. The van der Waals surface area contributed by atoms with Gasteiger partial charge in [-0.05, 0) is 26.0 Å². The van der Waals surface area contributed by atoms with Gasteiger partial charge < -0.3 is 15.2 Å². The van der Waals surface area contributed by atoms with E-state index in [2.05, 4.69) is 10.9 Å². The second-order valence-corrected chi connectivity index (χ2v) is 5.28. The maximum absolute atomic E-state index is 11.9. The quantitative estimate of drug-likeness (QED) is 0.426. The number of rotatable bonds is 4. The molecule has 2 rings (SSSR count). The van der Waals surface area contributed by atoms with E-state index in [4.69, 9.17) is 21.6 Å². The third-order valence-electron chi connectivity index (χ3n) is 3.33. The zero-order valence-electron chi connectivity index (χ0n) is 12.7. The molecule has 0 saturated heterocycles. The summed E-state index contributed by atoms with van der Waals surface area (Å²) in [6.45, 7) is 2.82. The summed E-state index contributed by atoms with van der Waals surface area (Å²) < 4.78 is 11.9. The van der Waals surface area contributed by atoms with Gasteiger partial charge in [-0.3, -0.25) is 19.1 Å². The molecule has 0 radical (unpaired) electrons. The minimum absolute atomic E-state index is 0.228. The lowest BCUT2D eigenvalue weighted by atomic mass is 10.1. The van der Waals surface area contributed by atoms with Crippen molar-refractivity contribution in [3.8, 4) is 12.3 Å². The summed E-state index contributed by atoms with van der Waals surface area (Å²) in [5.74, 6) is 1.79. The molecule has 3 N–H and O–H groups in total. The Kier molecular flexibility index (Phi) is 4.54. The maximum Gasteiger partial charge on any atom is 0.330 e. The van der Waals surface area contributed by atoms with Crippen molar-refractivity contribution in [2.24, 2.45) is 5.73 Å². The molecule has 0 spiro atoms. The summed E-state index contributed by atoms with van der Waals surface area (Å²) >= 11 is 0. The first-order valence-electron chi connectivity index (χ1n) is 6.87. The van der Waals surface area contributed by atoms with Crippen molar-refractivity contribution in [1.29, 1.82) is 0 Å². The average molecular weight is 319 g/mol. The predicted molar refractivity (Wildman–Crippen MR) is 81.5 cm³/mol. The van der Waals surface area contributed by atoms with E-state index < -0.39 is 35.1 Å². The topological polar surface area (TPSA) is 116 Å². The number of carbonyl (C=O) groups is 1. The fraction of sp³-hybridized carbons (Fsp3) is 0.400. The van der Waals surface area contributed by atoms with Crippen LogP contribution in [0.25, 0.3) is 0 Å². The summed E-state index contributed by atoms with van der Waals surface area (Å²) in [4.78, 5) is 36.9. The standard InChI is InChI=1S/C15H17N3O5/c1-4-15(8-22-13(20)10(3)16)6-5-11(23-15)18-7-9(2)12(19)17-14(18)21/h1,5-7,10-11H,8,16H2,2-3H3,(H,17,19,21)/t10-,11-,15+/m1/s1. The van der Waals surface area contributed by atoms with Crippen LogP contribution in [-0.4, -0.2) is 33.8 Å². The van der Waals surface area contributed by atoms with E-state index in [0.29, 0.717) is 5.56 Å². The van der Waals surface area contributed by atoms with Gasteiger partial charge >= 0.3 is 11.7 Å². The second kappa shape index (κ2) is 6.24. The zero-order chi connectivity index (χ0) is 17.2. The van der Waals surface area contributed by atoms with Crippen LogP contribution in [0.5, 0.6) is 0 Å². The Morgan fingerprint density at radius 1 is 1.65 bits per heavy atom. The molecule has 1 aromatic rings. The smallest absolute Gasteiger partial charge is 0.330 e. The van der Waals surface area contributed by atoms with Crippen LogP contribution in [0.3, 0.4) is 0 Å². The van der Waals surface area contributed by atoms with Crippen molar-refractivity contribution < 1.29 is 14.3 Å². The summed E-state index contributed by atoms with van der Waals surface area (Å²) in [6.07, 6.45) is 9.11. The molecule has 1 aliphatic heterocycles. The third-order valence-corrected chi connectivity index (χ3v) is 3.33. The van der Waals surface area contributed by atoms with Crippen LogP contribution in [0.2, 0.25) is 0 Å². The first-order valence-corrected chi connectivity index (χ1v) is 6.87. The Balaban J connectivity index is 2.20. The minimum Gasteiger partial charge on any atom is -0.460 e. The lowest BCUT2D eigenvalue weighted by molar-refractivity contribution is -0.152. The number of aromatic nitrogens is 2. The molecule has 122 valence electrons. The molecule has 0 amide bonds. The number of ether oxygens (including phenoxy) is 2. The molecule has 0 aliphatic carbocycles. The Morgan fingerprint density at radius 2 is 2.35 bits per heavy atom. The predicted octanol–water partition coefficient (Wildman–Crippen LogP) is -0.808. The number of hydrogen-bond donors (Lipinski definition) is 2. The van der Waals surface area contributed by atoms with Crippen molar-refractivity contribution in [3.05, 3.63) is 44.8 Å². The molecule has 0 unspecified atom stereocenters. The van der Waals surface area contributed by atoms with E-state index in [1.165, 1.54) is 23.8 Å². The van der Waals surface area contributed by atoms with Crippen LogP contribution in [-0.2, 0) is 14.3 Å². The van der Waals surface area contributed by atoms with E-state index in [1.54, 1.807) is 13.0 Å². The molecule has 0 fully saturated rings. The van der Waals surface area contributed by atoms with Crippen molar-refractivity contribution in [2.75, 3.05) is 6.61 Å². The first kappa shape index (κ1) is 16.7. The lowest BCUT2D eigenvalue weighted by Crippen LogP contribution is -2.39. The van der Waals surface area contributed by atoms with E-state index in [0.717, 1.165) is 0 Å². The Morgan fingerprint density at radius 3 is 2.96 bits per heavy atom. The monoisotopic (exact) mass is 319 g/mol. The molecule has 0 aromatic carbocycles. The number of aromatic amines is 1. The van der Waals surface area contributed by atoms with E-state index in [1.807, 2.05) is 0 Å². The van der Waals surface area contributed by atoms with E-state index >= 15 is 0 Å². The van der Waals surface area contributed by atoms with Gasteiger partial charge in [-0.15, -0.1) is 6.42 Å². The molecular formula is C15H17N3O5. The molecular weight excluding hydrogens is 302 g/mol. The first-order chi connectivity index (χ1) is 10.8. The van der Waals surface area contributed by atoms with E-state index in [9.17, 15) is 14.4 Å². The Labute approximate surface area is 131 Å². The number of aryl methyl sites for hydroxylation is 1. The highest BCUT2D eigenvalue weighted by Crippen LogP contribution is 2.29. The molecule has 1 aromatic heterocycles. The van der Waals surface area contributed by atoms with Gasteiger partial charge in [0.15, 0.2) is 11.8 Å². The number of nitrogens with zero attached hydrogens (tertiary/aromatic N) is 1. The van der Waals surface area contributed by atoms with Crippen LogP contribution in [0.4, 0.5) is 0 Å². The molecule has 0 saturated carbocycles. The zero-order valence-corrected chi connectivity index (χ0v) is 12.7. The summed E-state index contributed by atoms with van der Waals surface area (Å²) in [5.41, 5.74) is 3.37. The van der Waals surface area contributed by atoms with Crippen molar-refractivity contribution in [1.82, 2.24) is 9.55 Å². The van der Waals surface area contributed by atoms with Crippen molar-refractivity contribution >= 4 is 5.97 Å². The SMILES string of the molecule is C#C[C@@]1(COC(=O)[C@@H](C)N)C=C[C@H](n2cc(C)c(=O)[nH]c2=O)O1. The molecule has 23 heavy (non-hydrogen) atoms. The number of nitrogens with two attached hydrogens (primary N) is 1. The van der Waals surface area contributed by atoms with Gasteiger partial charge in [0.2, 0.25) is 0 Å². The van der Waals surface area contributed by atoms with Crippen molar-refractivity contribution in [2.45, 2.75) is 31.7 Å². The number of hydrogen-bond acceptors (Lipinski definition) is 6. The van der Waals surface area contributed by atoms with Crippen LogP contribution in [0.15, 0.2) is 27.9 Å². The molecule has 2 heterocycles. The number of carbonyl (C=O) groups excluding carboxylic acids is 1. The van der Waals surface area contributed by atoms with Crippen molar-refractivity contribution in [3.63, 3.8) is 0 Å². The Bertz CT molecular complexity index is 799. The summed E-state index contributed by atoms with van der Waals surface area (Å²) in [6, 6.07) is -0.782. The fourth-order valence-corrected chi connectivity index (χ4v) is 1.97. The molecule has 1 aliphatic rings. The maximum atomic E-state index is 11.9. The Hall–Kier alpha value is -2.63. The minimum atomic E-state index is -1.29. The summed E-state index contributed by atoms with van der Waals surface area (Å²) in [7, 11) is 0. The van der Waals surface area contributed by atoms with Gasteiger partial charge in [-0.25, -0.2) is 4.79 Å². The molecule has 3 atom stereocenters. The van der Waals surface area contributed by atoms with Crippen LogP contribution in [0, 0.1) is 19.3 Å². The second-order valence-electron chi connectivity index (χ2n) is 5.28. The largest absolute Gasteiger partial charge is 0.460 e. The van der Waals surface area contributed by atoms with Gasteiger partial charge in [-0.1, -0.05) is 5.92 Å². The number of esters is 1. The van der Waals surface area contributed by atoms with Gasteiger partial charge in [-0.2, -0.15) is 0 Å². The number of H-pyrrole nitrogens is 1. The average Bonchev–Trinajstić information content (AvgIpc) is 2.93. The molecule has 0 bridgehead atoms. The van der Waals surface area contributed by atoms with Crippen LogP contribution in [0.1, 0.15) is 18.7 Å². The molecule has 8 heteroatoms. The highest BCUT2D eigenvalue weighted by molar-refractivity contribution is 5.75. The fourth-order valence-electron chi connectivity index (χ4n) is 1.97. The lowest BCUT2D eigenvalue weighted by Gasteiger charge is -2.24. The van der Waals surface area contributed by atoms with Gasteiger partial charge in [0.05, 0.1) is 0 Å². The van der Waals surface area contributed by atoms with Gasteiger partial charge in [0.1, 0.15) is 12.6 Å². The third kappa shape index (κ3) is 3.41. The molecule has 8 nitrogen and oxygen atoms in total. The number of terminal acetylenes is 1. The van der Waals surface area contributed by atoms with Crippen LogP contribution < -0.4 is 17.0 Å². The van der Waals surface area contributed by atoms with E-state index in [-0.39, 0.29) is 6.61 Å². The van der Waals surface area contributed by atoms with Gasteiger partial charge in [0, 0.05) is 11.8 Å². The normalized spacial score (nSPS) is 24.2. The highest BCUT2D eigenvalue weighted by Gasteiger charge is 2.37. The van der Waals surface area contributed by atoms with Gasteiger partial charge in [0.25, 0.3) is 5.56 Å². The number of nitrogens with one attached hydrogen (secondary N) is 1. The highest BCUT2D eigenvalue weighted by atomic mass is 16.6. The van der Waals surface area contributed by atoms with Crippen LogP contribution >= 0.6 is 0 Å².